The fourth-order valence-electron chi connectivity index (χ4n) is 0.585. The molecule has 1 nitrogen and oxygen atoms in total. The maximum atomic E-state index is 5.70. The standard InChI is InChI=1S/C6HCl5S.C4H12N/c7-1-2(8)4(10)6(12)5(11)3(1)9;1-5(2,3)4/h12H;1-4H3/q;+1/p-1. The van der Waals surface area contributed by atoms with Gasteiger partial charge in [-0.05, 0) is 0 Å². The van der Waals surface area contributed by atoms with Gasteiger partial charge in [0.05, 0.1) is 43.3 Å². The van der Waals surface area contributed by atoms with Gasteiger partial charge in [-0.15, -0.1) is 4.90 Å². The number of nitrogens with zero attached hydrogens (tertiary/aromatic N) is 1. The van der Waals surface area contributed by atoms with E-state index in [0.29, 0.717) is 0 Å². The van der Waals surface area contributed by atoms with Crippen LogP contribution in [0.25, 0.3) is 0 Å². The van der Waals surface area contributed by atoms with E-state index < -0.39 is 0 Å². The van der Waals surface area contributed by atoms with Gasteiger partial charge in [-0.25, -0.2) is 0 Å². The highest BCUT2D eigenvalue weighted by Crippen LogP contribution is 2.43. The van der Waals surface area contributed by atoms with Gasteiger partial charge in [0.25, 0.3) is 0 Å². The first kappa shape index (κ1) is 17.8. The number of hydrogen-bond acceptors (Lipinski definition) is 1. The van der Waals surface area contributed by atoms with Crippen molar-refractivity contribution in [1.82, 2.24) is 0 Å². The maximum Gasteiger partial charge on any atom is 0.0807 e. The highest BCUT2D eigenvalue weighted by Gasteiger charge is 2.12. The number of quaternary nitrogens is 1. The third-order valence-corrected chi connectivity index (χ3v) is 4.08. The molecule has 0 bridgehead atoms. The van der Waals surface area contributed by atoms with Crippen LogP contribution in [-0.4, -0.2) is 32.7 Å². The van der Waals surface area contributed by atoms with Crippen LogP contribution in [0.1, 0.15) is 0 Å². The van der Waals surface area contributed by atoms with Crippen molar-refractivity contribution in [3.63, 3.8) is 0 Å². The second-order valence-electron chi connectivity index (χ2n) is 4.58. The molecule has 0 saturated heterocycles. The first-order valence-corrected chi connectivity index (χ1v) is 6.74. The zero-order valence-corrected chi connectivity index (χ0v) is 14.3. The van der Waals surface area contributed by atoms with Crippen molar-refractivity contribution >= 4 is 70.6 Å². The summed E-state index contributed by atoms with van der Waals surface area (Å²) in [7, 11) is 8.50. The van der Waals surface area contributed by atoms with Gasteiger partial charge in [0, 0.05) is 10.0 Å². The van der Waals surface area contributed by atoms with Gasteiger partial charge in [0.1, 0.15) is 0 Å². The molecule has 0 atom stereocenters. The second kappa shape index (κ2) is 6.85. The minimum atomic E-state index is 0.127. The minimum Gasteiger partial charge on any atom is -0.777 e. The molecule has 1 rings (SSSR count). The Balaban J connectivity index is 0.000000437. The van der Waals surface area contributed by atoms with Crippen molar-refractivity contribution in [1.29, 1.82) is 0 Å². The minimum absolute atomic E-state index is 0.127. The molecule has 0 saturated carbocycles. The Kier molecular flexibility index (Phi) is 7.20. The van der Waals surface area contributed by atoms with Gasteiger partial charge in [-0.2, -0.15) is 0 Å². The number of halogens is 5. The summed E-state index contributed by atoms with van der Waals surface area (Å²) in [5, 5.41) is 0.717. The van der Waals surface area contributed by atoms with E-state index in [1.165, 1.54) is 0 Å². The summed E-state index contributed by atoms with van der Waals surface area (Å²) in [4.78, 5) is 0.220. The molecule has 17 heavy (non-hydrogen) atoms. The first-order valence-electron chi connectivity index (χ1n) is 4.44. The van der Waals surface area contributed by atoms with E-state index in [-0.39, 0.29) is 30.0 Å². The Morgan fingerprint density at radius 1 is 0.647 bits per heavy atom. The van der Waals surface area contributed by atoms with Crippen molar-refractivity contribution in [3.05, 3.63) is 25.1 Å². The van der Waals surface area contributed by atoms with Crippen molar-refractivity contribution in [2.45, 2.75) is 4.90 Å². The molecule has 0 aliphatic rings. The number of rotatable bonds is 0. The molecule has 0 fully saturated rings. The molecule has 0 N–H and O–H groups in total. The van der Waals surface area contributed by atoms with E-state index in [0.717, 1.165) is 4.48 Å². The second-order valence-corrected chi connectivity index (χ2v) is 6.88. The summed E-state index contributed by atoms with van der Waals surface area (Å²) in [5.74, 6) is 0. The molecule has 0 aliphatic heterocycles. The van der Waals surface area contributed by atoms with Gasteiger partial charge < -0.3 is 17.1 Å². The summed E-state index contributed by atoms with van der Waals surface area (Å²) in [6.45, 7) is 0. The molecule has 98 valence electrons. The average Bonchev–Trinajstić information content (AvgIpc) is 2.18. The Morgan fingerprint density at radius 3 is 1.06 bits per heavy atom. The van der Waals surface area contributed by atoms with Crippen LogP contribution in [0.4, 0.5) is 0 Å². The fraction of sp³-hybridized carbons (Fsp3) is 0.400. The van der Waals surface area contributed by atoms with Crippen LogP contribution in [0, 0.1) is 0 Å². The average molecular weight is 356 g/mol. The van der Waals surface area contributed by atoms with Gasteiger partial charge in [0.2, 0.25) is 0 Å². The zero-order valence-electron chi connectivity index (χ0n) is 9.75. The lowest BCUT2D eigenvalue weighted by Crippen LogP contribution is -2.27. The van der Waals surface area contributed by atoms with Gasteiger partial charge >= 0.3 is 0 Å². The van der Waals surface area contributed by atoms with Crippen LogP contribution in [0.15, 0.2) is 4.90 Å². The van der Waals surface area contributed by atoms with Gasteiger partial charge in [-0.3, -0.25) is 0 Å². The molecule has 1 aromatic rings. The van der Waals surface area contributed by atoms with Crippen molar-refractivity contribution in [2.24, 2.45) is 0 Å². The lowest BCUT2D eigenvalue weighted by Gasteiger charge is -2.15. The summed E-state index contributed by atoms with van der Waals surface area (Å²) in [6.07, 6.45) is 0. The van der Waals surface area contributed by atoms with E-state index in [9.17, 15) is 0 Å². The summed E-state index contributed by atoms with van der Waals surface area (Å²) in [5.41, 5.74) is 0. The third kappa shape index (κ3) is 6.02. The molecule has 1 aromatic carbocycles. The quantitative estimate of drug-likeness (QED) is 0.267. The molecule has 0 amide bonds. The van der Waals surface area contributed by atoms with E-state index in [1.807, 2.05) is 0 Å². The van der Waals surface area contributed by atoms with Crippen LogP contribution in [-0.2, 0) is 12.6 Å². The van der Waals surface area contributed by atoms with Crippen LogP contribution in [0.5, 0.6) is 0 Å². The van der Waals surface area contributed by atoms with E-state index in [2.05, 4.69) is 28.2 Å². The zero-order chi connectivity index (χ0) is 14.0. The first-order chi connectivity index (χ1) is 7.46. The molecular formula is C10H12Cl5NS. The Labute approximate surface area is 133 Å². The molecule has 0 aliphatic carbocycles. The van der Waals surface area contributed by atoms with Gasteiger partial charge in [-0.1, -0.05) is 58.0 Å². The molecule has 0 unspecified atom stereocenters. The molecule has 0 aromatic heterocycles. The maximum absolute atomic E-state index is 5.70. The Bertz CT molecular complexity index is 303. The number of benzene rings is 1. The lowest BCUT2D eigenvalue weighted by atomic mass is 10.3. The van der Waals surface area contributed by atoms with Gasteiger partial charge in [0.15, 0.2) is 0 Å². The molecule has 0 spiro atoms. The summed E-state index contributed by atoms with van der Waals surface area (Å²) < 4.78 is 1.00. The Hall–Kier alpha value is 0.850. The van der Waals surface area contributed by atoms with Crippen molar-refractivity contribution in [3.8, 4) is 0 Å². The van der Waals surface area contributed by atoms with Crippen LogP contribution < -0.4 is 0 Å². The fourth-order valence-corrected chi connectivity index (χ4v) is 2.04. The largest absolute Gasteiger partial charge is 0.777 e. The third-order valence-electron chi connectivity index (χ3n) is 1.17. The molecular weight excluding hydrogens is 343 g/mol. The molecule has 0 heterocycles. The summed E-state index contributed by atoms with van der Waals surface area (Å²) in [6, 6.07) is 0. The monoisotopic (exact) mass is 353 g/mol. The molecule has 0 radical (unpaired) electrons. The van der Waals surface area contributed by atoms with Crippen LogP contribution in [0.3, 0.4) is 0 Å². The van der Waals surface area contributed by atoms with E-state index in [1.54, 1.807) is 0 Å². The van der Waals surface area contributed by atoms with E-state index in [4.69, 9.17) is 70.6 Å². The SMILES string of the molecule is C[N+](C)(C)C.[S-]c1c(Cl)c(Cl)c(Cl)c(Cl)c1Cl. The van der Waals surface area contributed by atoms with Crippen LogP contribution in [0.2, 0.25) is 25.1 Å². The van der Waals surface area contributed by atoms with Crippen LogP contribution >= 0.6 is 58.0 Å². The highest BCUT2D eigenvalue weighted by atomic mass is 35.5. The highest BCUT2D eigenvalue weighted by molar-refractivity contribution is 7.59. The topological polar surface area (TPSA) is 0 Å². The van der Waals surface area contributed by atoms with Crippen molar-refractivity contribution < 1.29 is 4.48 Å². The normalized spacial score (nSPS) is 10.9. The van der Waals surface area contributed by atoms with Crippen molar-refractivity contribution in [2.75, 3.05) is 28.2 Å². The summed E-state index contributed by atoms with van der Waals surface area (Å²) >= 11 is 33.3. The lowest BCUT2D eigenvalue weighted by molar-refractivity contribution is -0.849. The predicted molar refractivity (Wildman–Crippen MR) is 81.1 cm³/mol. The van der Waals surface area contributed by atoms with E-state index >= 15 is 0 Å². The number of hydrogen-bond donors (Lipinski definition) is 0. The molecule has 7 heteroatoms. The predicted octanol–water partition coefficient (Wildman–Crippen LogP) is 5.18. The smallest absolute Gasteiger partial charge is 0.0807 e. The Morgan fingerprint density at radius 2 is 0.824 bits per heavy atom.